The highest BCUT2D eigenvalue weighted by Gasteiger charge is 2.11. The summed E-state index contributed by atoms with van der Waals surface area (Å²) in [4.78, 5) is 0. The molecule has 0 fully saturated rings. The molecule has 0 unspecified atom stereocenters. The van der Waals surface area contributed by atoms with Crippen molar-refractivity contribution in [3.8, 4) is 0 Å². The summed E-state index contributed by atoms with van der Waals surface area (Å²) in [5, 5.41) is 0. The van der Waals surface area contributed by atoms with Gasteiger partial charge in [-0.3, -0.25) is 0 Å². The van der Waals surface area contributed by atoms with Crippen LogP contribution in [0.25, 0.3) is 0 Å². The van der Waals surface area contributed by atoms with Crippen LogP contribution in [0.2, 0.25) is 0 Å². The van der Waals surface area contributed by atoms with Gasteiger partial charge in [-0.25, -0.2) is 0 Å². The molecule has 0 nitrogen and oxygen atoms in total. The van der Waals surface area contributed by atoms with E-state index in [1.54, 1.807) is 0 Å². The topological polar surface area (TPSA) is 0 Å². The summed E-state index contributed by atoms with van der Waals surface area (Å²) in [6.07, 6.45) is 6.94. The SMILES string of the molecule is CCCC[C@H](CC)[C@@H](C)CC. The molecule has 0 heteroatoms. The smallest absolute Gasteiger partial charge is 0.0391 e. The van der Waals surface area contributed by atoms with Crippen molar-refractivity contribution in [2.75, 3.05) is 0 Å². The van der Waals surface area contributed by atoms with Crippen molar-refractivity contribution in [1.82, 2.24) is 0 Å². The Balaban J connectivity index is 3.56. The Hall–Kier alpha value is 0. The highest BCUT2D eigenvalue weighted by atomic mass is 14.2. The average molecular weight is 156 g/mol. The van der Waals surface area contributed by atoms with Gasteiger partial charge >= 0.3 is 0 Å². The molecule has 11 heavy (non-hydrogen) atoms. The van der Waals surface area contributed by atoms with Crippen LogP contribution in [0.3, 0.4) is 0 Å². The molecule has 0 aliphatic carbocycles. The van der Waals surface area contributed by atoms with Crippen LogP contribution in [0.4, 0.5) is 0 Å². The van der Waals surface area contributed by atoms with Crippen LogP contribution >= 0.6 is 0 Å². The first-order chi connectivity index (χ1) is 5.26. The molecule has 0 heterocycles. The molecule has 0 aromatic heterocycles. The second-order valence-electron chi connectivity index (χ2n) is 3.70. The van der Waals surface area contributed by atoms with E-state index >= 15 is 0 Å². The fourth-order valence-electron chi connectivity index (χ4n) is 1.69. The Morgan fingerprint density at radius 1 is 1.00 bits per heavy atom. The van der Waals surface area contributed by atoms with E-state index in [1.807, 2.05) is 0 Å². The van der Waals surface area contributed by atoms with Crippen LogP contribution in [0.1, 0.15) is 59.8 Å². The van der Waals surface area contributed by atoms with Crippen LogP contribution in [0, 0.1) is 11.8 Å². The lowest BCUT2D eigenvalue weighted by Gasteiger charge is -2.20. The van der Waals surface area contributed by atoms with E-state index in [0.29, 0.717) is 0 Å². The summed E-state index contributed by atoms with van der Waals surface area (Å²) >= 11 is 0. The standard InChI is InChI=1S/C11H24/c1-5-8-9-11(7-3)10(4)6-2/h10-11H,5-9H2,1-4H3/t10-,11-/m0/s1. The molecule has 0 aromatic carbocycles. The molecule has 68 valence electrons. The number of unbranched alkanes of at least 4 members (excludes halogenated alkanes) is 1. The van der Waals surface area contributed by atoms with E-state index < -0.39 is 0 Å². The summed E-state index contributed by atoms with van der Waals surface area (Å²) in [5.74, 6) is 1.92. The lowest BCUT2D eigenvalue weighted by molar-refractivity contribution is 0.310. The molecular formula is C11H24. The van der Waals surface area contributed by atoms with E-state index in [9.17, 15) is 0 Å². The van der Waals surface area contributed by atoms with Gasteiger partial charge in [0.05, 0.1) is 0 Å². The quantitative estimate of drug-likeness (QED) is 0.539. The molecule has 0 N–H and O–H groups in total. The summed E-state index contributed by atoms with van der Waals surface area (Å²) in [5.41, 5.74) is 0. The van der Waals surface area contributed by atoms with Crippen molar-refractivity contribution >= 4 is 0 Å². The third kappa shape index (κ3) is 4.44. The molecule has 0 bridgehead atoms. The zero-order valence-electron chi connectivity index (χ0n) is 8.69. The second-order valence-corrected chi connectivity index (χ2v) is 3.70. The predicted octanol–water partition coefficient (Wildman–Crippen LogP) is 4.25. The molecular weight excluding hydrogens is 132 g/mol. The van der Waals surface area contributed by atoms with Crippen LogP contribution in [0.15, 0.2) is 0 Å². The normalized spacial score (nSPS) is 16.4. The van der Waals surface area contributed by atoms with E-state index in [2.05, 4.69) is 27.7 Å². The van der Waals surface area contributed by atoms with Crippen molar-refractivity contribution in [3.05, 3.63) is 0 Å². The first-order valence-electron chi connectivity index (χ1n) is 5.26. The third-order valence-corrected chi connectivity index (χ3v) is 2.90. The van der Waals surface area contributed by atoms with Crippen molar-refractivity contribution < 1.29 is 0 Å². The van der Waals surface area contributed by atoms with Gasteiger partial charge < -0.3 is 0 Å². The summed E-state index contributed by atoms with van der Waals surface area (Å²) in [7, 11) is 0. The molecule has 0 aliphatic heterocycles. The monoisotopic (exact) mass is 156 g/mol. The van der Waals surface area contributed by atoms with Crippen molar-refractivity contribution in [3.63, 3.8) is 0 Å². The molecule has 0 radical (unpaired) electrons. The molecule has 0 rings (SSSR count). The van der Waals surface area contributed by atoms with Gasteiger partial charge in [0.25, 0.3) is 0 Å². The molecule has 0 saturated heterocycles. The average Bonchev–Trinajstić information content (AvgIpc) is 2.05. The van der Waals surface area contributed by atoms with E-state index in [1.165, 1.54) is 32.1 Å². The van der Waals surface area contributed by atoms with E-state index in [0.717, 1.165) is 11.8 Å². The van der Waals surface area contributed by atoms with E-state index in [-0.39, 0.29) is 0 Å². The Morgan fingerprint density at radius 2 is 1.64 bits per heavy atom. The fraction of sp³-hybridized carbons (Fsp3) is 1.00. The van der Waals surface area contributed by atoms with Gasteiger partial charge in [-0.2, -0.15) is 0 Å². The molecule has 0 spiro atoms. The molecule has 0 aromatic rings. The summed E-state index contributed by atoms with van der Waals surface area (Å²) < 4.78 is 0. The second kappa shape index (κ2) is 6.69. The molecule has 2 atom stereocenters. The van der Waals surface area contributed by atoms with Crippen LogP contribution in [0.5, 0.6) is 0 Å². The first-order valence-corrected chi connectivity index (χ1v) is 5.26. The highest BCUT2D eigenvalue weighted by Crippen LogP contribution is 2.23. The number of hydrogen-bond acceptors (Lipinski definition) is 0. The largest absolute Gasteiger partial charge is 0.0654 e. The first kappa shape index (κ1) is 11.0. The Bertz CT molecular complexity index is 76.1. The summed E-state index contributed by atoms with van der Waals surface area (Å²) in [6, 6.07) is 0. The maximum atomic E-state index is 2.39. The third-order valence-electron chi connectivity index (χ3n) is 2.90. The minimum absolute atomic E-state index is 0.937. The lowest BCUT2D eigenvalue weighted by Crippen LogP contribution is -2.09. The fourth-order valence-corrected chi connectivity index (χ4v) is 1.69. The zero-order chi connectivity index (χ0) is 8.69. The minimum atomic E-state index is 0.937. The summed E-state index contributed by atoms with van der Waals surface area (Å²) in [6.45, 7) is 9.30. The minimum Gasteiger partial charge on any atom is -0.0654 e. The molecule has 0 aliphatic rings. The predicted molar refractivity (Wildman–Crippen MR) is 52.8 cm³/mol. The highest BCUT2D eigenvalue weighted by molar-refractivity contribution is 4.63. The molecule has 0 saturated carbocycles. The van der Waals surface area contributed by atoms with Gasteiger partial charge in [-0.15, -0.1) is 0 Å². The van der Waals surface area contributed by atoms with Crippen LogP contribution in [-0.2, 0) is 0 Å². The number of hydrogen-bond donors (Lipinski definition) is 0. The van der Waals surface area contributed by atoms with Crippen molar-refractivity contribution in [1.29, 1.82) is 0 Å². The zero-order valence-corrected chi connectivity index (χ0v) is 8.69. The van der Waals surface area contributed by atoms with Gasteiger partial charge in [0.2, 0.25) is 0 Å². The van der Waals surface area contributed by atoms with Gasteiger partial charge in [-0.05, 0) is 11.8 Å². The van der Waals surface area contributed by atoms with Gasteiger partial charge in [-0.1, -0.05) is 59.8 Å². The van der Waals surface area contributed by atoms with Gasteiger partial charge in [0.1, 0.15) is 0 Å². The molecule has 0 amide bonds. The van der Waals surface area contributed by atoms with Crippen LogP contribution in [-0.4, -0.2) is 0 Å². The Kier molecular flexibility index (Phi) is 6.69. The maximum Gasteiger partial charge on any atom is -0.0391 e. The lowest BCUT2D eigenvalue weighted by atomic mass is 9.86. The Labute approximate surface area is 72.4 Å². The van der Waals surface area contributed by atoms with Crippen LogP contribution < -0.4 is 0 Å². The van der Waals surface area contributed by atoms with Gasteiger partial charge in [0, 0.05) is 0 Å². The van der Waals surface area contributed by atoms with Crippen molar-refractivity contribution in [2.24, 2.45) is 11.8 Å². The van der Waals surface area contributed by atoms with E-state index in [4.69, 9.17) is 0 Å². The van der Waals surface area contributed by atoms with Crippen molar-refractivity contribution in [2.45, 2.75) is 59.8 Å². The number of rotatable bonds is 6. The Morgan fingerprint density at radius 3 is 2.00 bits per heavy atom. The van der Waals surface area contributed by atoms with Gasteiger partial charge in [0.15, 0.2) is 0 Å². The maximum absolute atomic E-state index is 2.39.